The highest BCUT2D eigenvalue weighted by molar-refractivity contribution is 8.18. The molecule has 2 fully saturated rings. The van der Waals surface area contributed by atoms with Crippen LogP contribution in [0, 0.1) is 12.8 Å². The zero-order chi connectivity index (χ0) is 23.5. The van der Waals surface area contributed by atoms with Gasteiger partial charge in [0.2, 0.25) is 5.95 Å². The number of hydrogen-bond donors (Lipinski definition) is 2. The first-order valence-corrected chi connectivity index (χ1v) is 12.3. The van der Waals surface area contributed by atoms with E-state index in [1.165, 1.54) is 10.9 Å². The summed E-state index contributed by atoms with van der Waals surface area (Å²) in [4.78, 5) is 39.3. The maximum atomic E-state index is 11.8. The van der Waals surface area contributed by atoms with Gasteiger partial charge in [0.1, 0.15) is 0 Å². The van der Waals surface area contributed by atoms with E-state index in [4.69, 9.17) is 0 Å². The summed E-state index contributed by atoms with van der Waals surface area (Å²) in [6.45, 7) is 5.61. The third-order valence-electron chi connectivity index (χ3n) is 6.16. The Hall–Kier alpha value is -3.30. The van der Waals surface area contributed by atoms with E-state index < -0.39 is 0 Å². The number of nitrogens with one attached hydrogen (secondary N) is 2. The molecule has 0 spiro atoms. The van der Waals surface area contributed by atoms with Crippen LogP contribution in [0.15, 0.2) is 47.5 Å². The van der Waals surface area contributed by atoms with Gasteiger partial charge in [0, 0.05) is 36.9 Å². The molecule has 0 bridgehead atoms. The number of benzene rings is 1. The first-order chi connectivity index (χ1) is 16.5. The van der Waals surface area contributed by atoms with Crippen molar-refractivity contribution in [3.63, 3.8) is 0 Å². The molecule has 0 radical (unpaired) electrons. The van der Waals surface area contributed by atoms with E-state index >= 15 is 0 Å². The van der Waals surface area contributed by atoms with Crippen molar-refractivity contribution in [1.82, 2.24) is 25.6 Å². The first kappa shape index (κ1) is 22.5. The van der Waals surface area contributed by atoms with Gasteiger partial charge in [-0.1, -0.05) is 18.2 Å². The standard InChI is InChI=1S/C25H26N6O2S/c1-16-12-18(20-4-2-3-5-21(20)28-16)15-26-14-17-7-10-31(11-8-17)24-27-9-6-19(29-24)13-22-23(32)30-25(33)34-22/h2-6,9,12-13,17,26H,7-8,10-11,14-15H2,1H3,(H,30,32,33). The number of para-hydroxylation sites is 1. The van der Waals surface area contributed by atoms with Gasteiger partial charge in [-0.2, -0.15) is 0 Å². The number of carbonyl (C=O) groups is 2. The van der Waals surface area contributed by atoms with E-state index in [-0.39, 0.29) is 11.1 Å². The van der Waals surface area contributed by atoms with Crippen LogP contribution in [0.4, 0.5) is 10.7 Å². The molecule has 2 aliphatic rings. The summed E-state index contributed by atoms with van der Waals surface area (Å²) < 4.78 is 0. The molecule has 2 saturated heterocycles. The molecule has 0 saturated carbocycles. The van der Waals surface area contributed by atoms with E-state index in [0.29, 0.717) is 22.5 Å². The normalized spacial score (nSPS) is 18.1. The van der Waals surface area contributed by atoms with Gasteiger partial charge in [-0.15, -0.1) is 0 Å². The first-order valence-electron chi connectivity index (χ1n) is 11.4. The van der Waals surface area contributed by atoms with Crippen LogP contribution in [0.2, 0.25) is 0 Å². The van der Waals surface area contributed by atoms with E-state index in [2.05, 4.69) is 54.8 Å². The second-order valence-corrected chi connectivity index (χ2v) is 9.65. The van der Waals surface area contributed by atoms with Crippen LogP contribution in [0.3, 0.4) is 0 Å². The molecule has 8 nitrogen and oxygen atoms in total. The van der Waals surface area contributed by atoms with Crippen molar-refractivity contribution in [3.8, 4) is 0 Å². The van der Waals surface area contributed by atoms with E-state index in [0.717, 1.165) is 62.0 Å². The summed E-state index contributed by atoms with van der Waals surface area (Å²) in [5.41, 5.74) is 4.00. The van der Waals surface area contributed by atoms with E-state index in [1.54, 1.807) is 18.3 Å². The second-order valence-electron chi connectivity index (χ2n) is 8.63. The Morgan fingerprint density at radius 3 is 2.79 bits per heavy atom. The lowest BCUT2D eigenvalue weighted by Gasteiger charge is -2.32. The molecule has 2 aliphatic heterocycles. The third-order valence-corrected chi connectivity index (χ3v) is 6.97. The van der Waals surface area contributed by atoms with Gasteiger partial charge in [0.05, 0.1) is 16.1 Å². The Kier molecular flexibility index (Phi) is 6.55. The van der Waals surface area contributed by atoms with Gasteiger partial charge < -0.3 is 10.2 Å². The second kappa shape index (κ2) is 9.90. The zero-order valence-electron chi connectivity index (χ0n) is 19.0. The summed E-state index contributed by atoms with van der Waals surface area (Å²) in [7, 11) is 0. The predicted molar refractivity (Wildman–Crippen MR) is 134 cm³/mol. The lowest BCUT2D eigenvalue weighted by Crippen LogP contribution is -2.38. The molecule has 5 rings (SSSR count). The van der Waals surface area contributed by atoms with Crippen LogP contribution in [0.5, 0.6) is 0 Å². The molecule has 2 N–H and O–H groups in total. The fourth-order valence-electron chi connectivity index (χ4n) is 4.44. The van der Waals surface area contributed by atoms with Gasteiger partial charge in [0.25, 0.3) is 11.1 Å². The number of aryl methyl sites for hydroxylation is 1. The number of piperidine rings is 1. The van der Waals surface area contributed by atoms with Crippen molar-refractivity contribution in [3.05, 3.63) is 64.5 Å². The molecule has 174 valence electrons. The van der Waals surface area contributed by atoms with Crippen molar-refractivity contribution < 1.29 is 9.59 Å². The fraction of sp³-hybridized carbons (Fsp3) is 0.320. The lowest BCUT2D eigenvalue weighted by atomic mass is 9.97. The highest BCUT2D eigenvalue weighted by atomic mass is 32.2. The van der Waals surface area contributed by atoms with Crippen molar-refractivity contribution in [2.75, 3.05) is 24.5 Å². The van der Waals surface area contributed by atoms with Crippen LogP contribution in [-0.2, 0) is 11.3 Å². The lowest BCUT2D eigenvalue weighted by molar-refractivity contribution is -0.115. The summed E-state index contributed by atoms with van der Waals surface area (Å²) in [5, 5.41) is 6.77. The average molecular weight is 475 g/mol. The molecular weight excluding hydrogens is 448 g/mol. The van der Waals surface area contributed by atoms with Crippen molar-refractivity contribution >= 4 is 45.8 Å². The number of rotatable bonds is 6. The molecule has 4 heterocycles. The summed E-state index contributed by atoms with van der Waals surface area (Å²) in [6, 6.07) is 12.2. The van der Waals surface area contributed by atoms with Gasteiger partial charge in [0.15, 0.2) is 0 Å². The van der Waals surface area contributed by atoms with Gasteiger partial charge in [-0.3, -0.25) is 19.9 Å². The molecule has 0 unspecified atom stereocenters. The van der Waals surface area contributed by atoms with Crippen molar-refractivity contribution in [2.24, 2.45) is 5.92 Å². The van der Waals surface area contributed by atoms with Crippen molar-refractivity contribution in [1.29, 1.82) is 0 Å². The Labute approximate surface area is 202 Å². The number of imide groups is 1. The SMILES string of the molecule is Cc1cc(CNCC2CCN(c3nccc(C=C4SC(=O)NC4=O)n3)CC2)c2ccccc2n1. The Balaban J connectivity index is 1.15. The summed E-state index contributed by atoms with van der Waals surface area (Å²) in [5.74, 6) is 0.882. The Morgan fingerprint density at radius 1 is 1.18 bits per heavy atom. The summed E-state index contributed by atoms with van der Waals surface area (Å²) in [6.07, 6.45) is 5.45. The highest BCUT2D eigenvalue weighted by Gasteiger charge is 2.25. The third kappa shape index (κ3) is 5.10. The van der Waals surface area contributed by atoms with Gasteiger partial charge in [-0.05, 0) is 73.8 Å². The minimum absolute atomic E-state index is 0.353. The van der Waals surface area contributed by atoms with Crippen LogP contribution < -0.4 is 15.5 Å². The van der Waals surface area contributed by atoms with Crippen LogP contribution in [-0.4, -0.2) is 45.7 Å². The summed E-state index contributed by atoms with van der Waals surface area (Å²) >= 11 is 0.894. The number of hydrogen-bond acceptors (Lipinski definition) is 8. The van der Waals surface area contributed by atoms with E-state index in [1.807, 2.05) is 13.0 Å². The van der Waals surface area contributed by atoms with E-state index in [9.17, 15) is 9.59 Å². The maximum absolute atomic E-state index is 11.8. The van der Waals surface area contributed by atoms with Crippen LogP contribution in [0.25, 0.3) is 17.0 Å². The molecule has 2 aromatic heterocycles. The van der Waals surface area contributed by atoms with Gasteiger partial charge in [-0.25, -0.2) is 9.97 Å². The zero-order valence-corrected chi connectivity index (χ0v) is 19.8. The molecule has 1 aromatic carbocycles. The largest absolute Gasteiger partial charge is 0.341 e. The predicted octanol–water partition coefficient (Wildman–Crippen LogP) is 3.66. The average Bonchev–Trinajstić information content (AvgIpc) is 3.15. The number of thioether (sulfide) groups is 1. The van der Waals surface area contributed by atoms with Gasteiger partial charge >= 0.3 is 0 Å². The van der Waals surface area contributed by atoms with Crippen LogP contribution >= 0.6 is 11.8 Å². The Bertz CT molecular complexity index is 1270. The van der Waals surface area contributed by atoms with Crippen LogP contribution in [0.1, 0.15) is 29.8 Å². The molecule has 0 aliphatic carbocycles. The topological polar surface area (TPSA) is 100 Å². The highest BCUT2D eigenvalue weighted by Crippen LogP contribution is 2.26. The number of amides is 2. The van der Waals surface area contributed by atoms with Crippen molar-refractivity contribution in [2.45, 2.75) is 26.3 Å². The number of carbonyl (C=O) groups excluding carboxylic acids is 2. The Morgan fingerprint density at radius 2 is 2.00 bits per heavy atom. The monoisotopic (exact) mass is 474 g/mol. The quantitative estimate of drug-likeness (QED) is 0.522. The fourth-order valence-corrected chi connectivity index (χ4v) is 5.11. The molecular formula is C25H26N6O2S. The number of pyridine rings is 1. The minimum atomic E-state index is -0.376. The maximum Gasteiger partial charge on any atom is 0.290 e. The molecule has 2 amide bonds. The molecule has 0 atom stereocenters. The minimum Gasteiger partial charge on any atom is -0.341 e. The molecule has 9 heteroatoms. The molecule has 3 aromatic rings. The number of aromatic nitrogens is 3. The number of anilines is 1. The molecule has 34 heavy (non-hydrogen) atoms. The number of fused-ring (bicyclic) bond motifs is 1. The smallest absolute Gasteiger partial charge is 0.290 e. The number of nitrogens with zero attached hydrogens (tertiary/aromatic N) is 4.